The van der Waals surface area contributed by atoms with Crippen molar-refractivity contribution in [3.63, 3.8) is 0 Å². The smallest absolute Gasteiger partial charge is 0.394 e. The van der Waals surface area contributed by atoms with Gasteiger partial charge in [0.15, 0.2) is 6.23 Å². The molecule has 0 bridgehead atoms. The second kappa shape index (κ2) is 6.22. The average Bonchev–Trinajstić information content (AvgIpc) is 2.61. The Morgan fingerprint density at radius 2 is 1.95 bits per heavy atom. The van der Waals surface area contributed by atoms with Gasteiger partial charge >= 0.3 is 13.7 Å². The molecular weight excluding hydrogens is 287 g/mol. The number of rotatable bonds is 5. The Balaban J connectivity index is 2.93. The van der Waals surface area contributed by atoms with E-state index in [2.05, 4.69) is 4.84 Å². The molecule has 19 heavy (non-hydrogen) atoms. The molecule has 0 radical (unpaired) electrons. The highest BCUT2D eigenvalue weighted by atomic mass is 31.2. The fourth-order valence-electron chi connectivity index (χ4n) is 1.46. The third-order valence-electron chi connectivity index (χ3n) is 2.35. The summed E-state index contributed by atoms with van der Waals surface area (Å²) in [6.07, 6.45) is -6.50. The molecular formula is C7H15N2O9P. The zero-order chi connectivity index (χ0) is 14.8. The minimum absolute atomic E-state index is 0.189. The van der Waals surface area contributed by atoms with E-state index in [-0.39, 0.29) is 4.83 Å². The molecule has 0 aromatic carbocycles. The van der Waals surface area contributed by atoms with Gasteiger partial charge in [-0.1, -0.05) is 0 Å². The number of nitrogens with two attached hydrogens (primary N) is 1. The minimum Gasteiger partial charge on any atom is -0.394 e. The van der Waals surface area contributed by atoms with E-state index in [1.807, 2.05) is 0 Å². The van der Waals surface area contributed by atoms with E-state index in [1.54, 1.807) is 0 Å². The van der Waals surface area contributed by atoms with Crippen LogP contribution in [0.25, 0.3) is 0 Å². The van der Waals surface area contributed by atoms with Gasteiger partial charge in [0, 0.05) is 0 Å². The number of hydrogen-bond acceptors (Lipinski definition) is 8. The highest BCUT2D eigenvalue weighted by molar-refractivity contribution is 7.48. The van der Waals surface area contributed by atoms with Gasteiger partial charge < -0.3 is 40.4 Å². The first kappa shape index (κ1) is 16.4. The zero-order valence-corrected chi connectivity index (χ0v) is 10.5. The number of hydroxylamine groups is 1. The second-order valence-electron chi connectivity index (χ2n) is 3.71. The average molecular weight is 302 g/mol. The van der Waals surface area contributed by atoms with Crippen LogP contribution in [0.2, 0.25) is 0 Å². The maximum atomic E-state index is 11.2. The lowest BCUT2D eigenvalue weighted by Gasteiger charge is -2.28. The van der Waals surface area contributed by atoms with E-state index in [9.17, 15) is 19.6 Å². The molecule has 1 saturated heterocycles. The van der Waals surface area contributed by atoms with Crippen molar-refractivity contribution in [1.82, 2.24) is 4.83 Å². The van der Waals surface area contributed by atoms with Gasteiger partial charge in [-0.3, -0.25) is 0 Å². The molecule has 112 valence electrons. The molecule has 12 heteroatoms. The first-order chi connectivity index (χ1) is 8.72. The van der Waals surface area contributed by atoms with Gasteiger partial charge in [-0.25, -0.2) is 9.36 Å². The predicted octanol–water partition coefficient (Wildman–Crippen LogP) is -3.76. The number of nitrogens with zero attached hydrogens (tertiary/aromatic N) is 1. The summed E-state index contributed by atoms with van der Waals surface area (Å²) in [6.45, 7) is -1.36. The number of hydrogen-bond donors (Lipinski definition) is 6. The Bertz CT molecular complexity index is 374. The Labute approximate surface area is 107 Å². The predicted molar refractivity (Wildman–Crippen MR) is 56.8 cm³/mol. The SMILES string of the molecule is NCC(=O)ON(C1O[C@H](CO)[C@@H](O)[C@H]1O)P(=O)(O)O. The van der Waals surface area contributed by atoms with Crippen LogP contribution >= 0.6 is 7.75 Å². The van der Waals surface area contributed by atoms with Crippen molar-refractivity contribution in [2.24, 2.45) is 5.73 Å². The molecule has 7 N–H and O–H groups in total. The quantitative estimate of drug-likeness (QED) is 0.216. The van der Waals surface area contributed by atoms with Gasteiger partial charge in [0.1, 0.15) is 18.3 Å². The summed E-state index contributed by atoms with van der Waals surface area (Å²) in [6, 6.07) is 0. The molecule has 1 aliphatic heterocycles. The summed E-state index contributed by atoms with van der Waals surface area (Å²) in [7, 11) is -5.14. The van der Waals surface area contributed by atoms with Gasteiger partial charge in [-0.05, 0) is 4.83 Å². The van der Waals surface area contributed by atoms with Crippen LogP contribution in [-0.2, 0) is 18.9 Å². The molecule has 11 nitrogen and oxygen atoms in total. The largest absolute Gasteiger partial charge is 0.438 e. The van der Waals surface area contributed by atoms with Gasteiger partial charge in [-0.2, -0.15) is 0 Å². The van der Waals surface area contributed by atoms with Crippen molar-refractivity contribution in [3.8, 4) is 0 Å². The number of aliphatic hydroxyl groups excluding tert-OH is 3. The summed E-state index contributed by atoms with van der Waals surface area (Å²) in [5.41, 5.74) is 4.93. The fourth-order valence-corrected chi connectivity index (χ4v) is 2.14. The van der Waals surface area contributed by atoms with Gasteiger partial charge in [0.2, 0.25) is 0 Å². The van der Waals surface area contributed by atoms with E-state index in [0.29, 0.717) is 0 Å². The maximum absolute atomic E-state index is 11.2. The van der Waals surface area contributed by atoms with E-state index < -0.39 is 51.4 Å². The van der Waals surface area contributed by atoms with Crippen molar-refractivity contribution in [2.45, 2.75) is 24.5 Å². The van der Waals surface area contributed by atoms with Crippen LogP contribution in [0.4, 0.5) is 0 Å². The molecule has 0 saturated carbocycles. The van der Waals surface area contributed by atoms with E-state index in [1.165, 1.54) is 0 Å². The lowest BCUT2D eigenvalue weighted by Crippen LogP contribution is -2.44. The second-order valence-corrected chi connectivity index (χ2v) is 5.13. The third-order valence-corrected chi connectivity index (χ3v) is 3.18. The van der Waals surface area contributed by atoms with E-state index in [4.69, 9.17) is 25.4 Å². The van der Waals surface area contributed by atoms with Crippen LogP contribution in [0.1, 0.15) is 0 Å². The Hall–Kier alpha value is -0.620. The molecule has 0 aromatic rings. The van der Waals surface area contributed by atoms with Crippen molar-refractivity contribution < 1.29 is 44.0 Å². The lowest BCUT2D eigenvalue weighted by atomic mass is 10.1. The van der Waals surface area contributed by atoms with Crippen molar-refractivity contribution in [3.05, 3.63) is 0 Å². The summed E-state index contributed by atoms with van der Waals surface area (Å²) in [5.74, 6) is -1.18. The van der Waals surface area contributed by atoms with E-state index >= 15 is 0 Å². The summed E-state index contributed by atoms with van der Waals surface area (Å²) < 4.78 is 16.0. The van der Waals surface area contributed by atoms with Gasteiger partial charge in [-0.15, -0.1) is 0 Å². The summed E-state index contributed by atoms with van der Waals surface area (Å²) in [4.78, 5) is 33.1. The van der Waals surface area contributed by atoms with E-state index in [0.717, 1.165) is 0 Å². The fraction of sp³-hybridized carbons (Fsp3) is 0.857. The van der Waals surface area contributed by atoms with Gasteiger partial charge in [0.25, 0.3) is 0 Å². The van der Waals surface area contributed by atoms with Crippen LogP contribution in [0.3, 0.4) is 0 Å². The molecule has 0 amide bonds. The molecule has 0 spiro atoms. The number of ether oxygens (including phenoxy) is 1. The van der Waals surface area contributed by atoms with Crippen LogP contribution < -0.4 is 5.73 Å². The molecule has 0 aromatic heterocycles. The monoisotopic (exact) mass is 302 g/mol. The molecule has 4 atom stereocenters. The first-order valence-electron chi connectivity index (χ1n) is 5.11. The molecule has 1 fully saturated rings. The minimum atomic E-state index is -5.14. The van der Waals surface area contributed by atoms with Crippen LogP contribution in [-0.4, -0.2) is 73.6 Å². The molecule has 1 rings (SSSR count). The van der Waals surface area contributed by atoms with Crippen LogP contribution in [0.5, 0.6) is 0 Å². The highest BCUT2D eigenvalue weighted by Crippen LogP contribution is 2.45. The van der Waals surface area contributed by atoms with Crippen LogP contribution in [0.15, 0.2) is 0 Å². The topological polar surface area (TPSA) is 183 Å². The molecule has 1 unspecified atom stereocenters. The van der Waals surface area contributed by atoms with Crippen molar-refractivity contribution in [1.29, 1.82) is 0 Å². The maximum Gasteiger partial charge on any atom is 0.438 e. The molecule has 0 aliphatic carbocycles. The third kappa shape index (κ3) is 3.69. The standard InChI is InChI=1S/C7H15N2O9P/c8-1-4(11)18-9(19(14,15)16)7-6(13)5(12)3(2-10)17-7/h3,5-7,10,12-13H,1-2,8H2,(H2,14,15,16)/t3-,5-,6-,7?/m1/s1. The summed E-state index contributed by atoms with van der Waals surface area (Å²) >= 11 is 0. The Kier molecular flexibility index (Phi) is 5.38. The molecule has 1 aliphatic rings. The normalized spacial score (nSPS) is 31.7. The number of aliphatic hydroxyl groups is 3. The lowest BCUT2D eigenvalue weighted by molar-refractivity contribution is -0.219. The van der Waals surface area contributed by atoms with Crippen molar-refractivity contribution >= 4 is 13.7 Å². The Morgan fingerprint density at radius 1 is 1.37 bits per heavy atom. The highest BCUT2D eigenvalue weighted by Gasteiger charge is 2.51. The number of carbonyl (C=O) groups excluding carboxylic acids is 1. The zero-order valence-electron chi connectivity index (χ0n) is 9.56. The molecule has 1 heterocycles. The number of carbonyl (C=O) groups is 1. The van der Waals surface area contributed by atoms with Crippen molar-refractivity contribution in [2.75, 3.05) is 13.2 Å². The van der Waals surface area contributed by atoms with Gasteiger partial charge in [0.05, 0.1) is 13.2 Å². The summed E-state index contributed by atoms with van der Waals surface area (Å²) in [5, 5.41) is 27.9. The Morgan fingerprint density at radius 3 is 2.32 bits per heavy atom. The first-order valence-corrected chi connectivity index (χ1v) is 6.67. The van der Waals surface area contributed by atoms with Crippen LogP contribution in [0, 0.1) is 0 Å².